The molecule has 0 radical (unpaired) electrons. The molecule has 4 aromatic rings. The van der Waals surface area contributed by atoms with Crippen LogP contribution in [0.3, 0.4) is 0 Å². The number of nitrogens with one attached hydrogen (secondary N) is 2. The first-order valence-corrected chi connectivity index (χ1v) is 10.3. The van der Waals surface area contributed by atoms with Gasteiger partial charge in [-0.15, -0.1) is 0 Å². The van der Waals surface area contributed by atoms with E-state index >= 15 is 0 Å². The lowest BCUT2D eigenvalue weighted by atomic mass is 10.0. The first-order chi connectivity index (χ1) is 13.7. The van der Waals surface area contributed by atoms with Crippen molar-refractivity contribution in [2.75, 3.05) is 19.0 Å². The fourth-order valence-electron chi connectivity index (χ4n) is 4.02. The smallest absolute Gasteiger partial charge is 0.136 e. The maximum absolute atomic E-state index is 5.41. The van der Waals surface area contributed by atoms with E-state index in [2.05, 4.69) is 48.4 Å². The van der Waals surface area contributed by atoms with E-state index in [4.69, 9.17) is 9.72 Å². The van der Waals surface area contributed by atoms with E-state index in [1.165, 1.54) is 64.7 Å². The lowest BCUT2D eigenvalue weighted by Crippen LogP contribution is -2.04. The van der Waals surface area contributed by atoms with E-state index < -0.39 is 0 Å². The topological polar surface area (TPSA) is 49.9 Å². The lowest BCUT2D eigenvalue weighted by molar-refractivity contribution is 0.415. The number of H-pyrrole nitrogens is 1. The van der Waals surface area contributed by atoms with Crippen LogP contribution in [0.5, 0.6) is 5.75 Å². The molecule has 2 heterocycles. The number of aromatic nitrogens is 2. The van der Waals surface area contributed by atoms with Crippen LogP contribution in [0.15, 0.2) is 36.5 Å². The molecule has 0 saturated carbocycles. The fraction of sp³-hybridized carbons (Fsp3) is 0.375. The summed E-state index contributed by atoms with van der Waals surface area (Å²) in [4.78, 5) is 8.36. The first-order valence-electron chi connectivity index (χ1n) is 10.3. The molecule has 2 aromatic carbocycles. The van der Waals surface area contributed by atoms with Gasteiger partial charge in [0.15, 0.2) is 0 Å². The number of methoxy groups -OCH3 is 1. The maximum Gasteiger partial charge on any atom is 0.136 e. The summed E-state index contributed by atoms with van der Waals surface area (Å²) >= 11 is 0. The number of anilines is 1. The molecule has 0 atom stereocenters. The number of benzene rings is 2. The monoisotopic (exact) mass is 375 g/mol. The molecule has 4 heteroatoms. The number of hydrogen-bond donors (Lipinski definition) is 2. The summed E-state index contributed by atoms with van der Waals surface area (Å²) < 4.78 is 5.41. The number of unbranched alkanes of at least 4 members (excludes halogenated alkanes) is 4. The number of hydrogen-bond acceptors (Lipinski definition) is 3. The molecule has 0 aliphatic heterocycles. The average Bonchev–Trinajstić information content (AvgIpc) is 3.12. The van der Waals surface area contributed by atoms with Crippen LogP contribution in [0.1, 0.15) is 44.6 Å². The second kappa shape index (κ2) is 8.09. The van der Waals surface area contributed by atoms with Crippen molar-refractivity contribution in [3.63, 3.8) is 0 Å². The Balaban J connectivity index is 1.77. The second-order valence-corrected chi connectivity index (χ2v) is 7.58. The highest BCUT2D eigenvalue weighted by Gasteiger charge is 2.15. The molecule has 0 aliphatic carbocycles. The molecule has 2 N–H and O–H groups in total. The van der Waals surface area contributed by atoms with Gasteiger partial charge in [0.05, 0.1) is 18.0 Å². The molecule has 0 amide bonds. The molecular formula is C24H29N3O. The molecule has 146 valence electrons. The molecular weight excluding hydrogens is 346 g/mol. The van der Waals surface area contributed by atoms with Crippen molar-refractivity contribution in [1.29, 1.82) is 0 Å². The SMILES string of the molecule is CCCCCCCNc1ncc(C)c2[nH]c3ccc4cc(OC)ccc4c3c12. The third-order valence-electron chi connectivity index (χ3n) is 5.58. The Kier molecular flexibility index (Phi) is 5.38. The number of aromatic amines is 1. The van der Waals surface area contributed by atoms with E-state index in [0.29, 0.717) is 0 Å². The van der Waals surface area contributed by atoms with Gasteiger partial charge in [0.25, 0.3) is 0 Å². The van der Waals surface area contributed by atoms with Gasteiger partial charge in [0.2, 0.25) is 0 Å². The normalized spacial score (nSPS) is 11.5. The quantitative estimate of drug-likeness (QED) is 0.342. The molecule has 28 heavy (non-hydrogen) atoms. The van der Waals surface area contributed by atoms with Gasteiger partial charge in [0, 0.05) is 23.6 Å². The summed E-state index contributed by atoms with van der Waals surface area (Å²) in [6.45, 7) is 5.33. The summed E-state index contributed by atoms with van der Waals surface area (Å²) in [6, 6.07) is 10.6. The fourth-order valence-corrected chi connectivity index (χ4v) is 4.02. The lowest BCUT2D eigenvalue weighted by Gasteiger charge is -2.09. The minimum Gasteiger partial charge on any atom is -0.497 e. The Morgan fingerprint density at radius 3 is 2.71 bits per heavy atom. The zero-order chi connectivity index (χ0) is 19.5. The van der Waals surface area contributed by atoms with Crippen molar-refractivity contribution in [3.8, 4) is 5.75 Å². The van der Waals surface area contributed by atoms with Crippen LogP contribution in [0.4, 0.5) is 5.82 Å². The van der Waals surface area contributed by atoms with Crippen LogP contribution in [-0.4, -0.2) is 23.6 Å². The van der Waals surface area contributed by atoms with Gasteiger partial charge in [0.1, 0.15) is 11.6 Å². The Morgan fingerprint density at radius 1 is 1.04 bits per heavy atom. The first kappa shape index (κ1) is 18.6. The van der Waals surface area contributed by atoms with Crippen LogP contribution in [0.25, 0.3) is 32.6 Å². The van der Waals surface area contributed by atoms with Crippen LogP contribution >= 0.6 is 0 Å². The van der Waals surface area contributed by atoms with Gasteiger partial charge >= 0.3 is 0 Å². The Hall–Kier alpha value is -2.75. The Morgan fingerprint density at radius 2 is 1.89 bits per heavy atom. The molecule has 0 aliphatic rings. The summed E-state index contributed by atoms with van der Waals surface area (Å²) in [7, 11) is 1.71. The Bertz CT molecular complexity index is 1110. The van der Waals surface area contributed by atoms with Gasteiger partial charge in [-0.1, -0.05) is 38.7 Å². The predicted molar refractivity (Wildman–Crippen MR) is 120 cm³/mol. The van der Waals surface area contributed by atoms with Crippen molar-refractivity contribution in [1.82, 2.24) is 9.97 Å². The third kappa shape index (κ3) is 3.39. The van der Waals surface area contributed by atoms with Crippen molar-refractivity contribution in [2.24, 2.45) is 0 Å². The van der Waals surface area contributed by atoms with Crippen molar-refractivity contribution in [3.05, 3.63) is 42.1 Å². The van der Waals surface area contributed by atoms with E-state index in [0.717, 1.165) is 23.6 Å². The van der Waals surface area contributed by atoms with Crippen LogP contribution < -0.4 is 10.1 Å². The van der Waals surface area contributed by atoms with Crippen LogP contribution in [-0.2, 0) is 0 Å². The highest BCUT2D eigenvalue weighted by atomic mass is 16.5. The van der Waals surface area contributed by atoms with E-state index in [-0.39, 0.29) is 0 Å². The van der Waals surface area contributed by atoms with Gasteiger partial charge in [-0.25, -0.2) is 4.98 Å². The van der Waals surface area contributed by atoms with E-state index in [1.807, 2.05) is 12.3 Å². The number of aryl methyl sites for hydroxylation is 1. The van der Waals surface area contributed by atoms with Crippen LogP contribution in [0, 0.1) is 6.92 Å². The van der Waals surface area contributed by atoms with Gasteiger partial charge in [-0.2, -0.15) is 0 Å². The highest BCUT2D eigenvalue weighted by molar-refractivity contribution is 6.23. The minimum absolute atomic E-state index is 0.881. The molecule has 0 bridgehead atoms. The van der Waals surface area contributed by atoms with Crippen molar-refractivity contribution in [2.45, 2.75) is 46.0 Å². The summed E-state index contributed by atoms with van der Waals surface area (Å²) in [5.41, 5.74) is 3.48. The number of fused-ring (bicyclic) bond motifs is 5. The van der Waals surface area contributed by atoms with Crippen molar-refractivity contribution < 1.29 is 4.74 Å². The van der Waals surface area contributed by atoms with Gasteiger partial charge in [-0.05, 0) is 53.9 Å². The van der Waals surface area contributed by atoms with Gasteiger partial charge < -0.3 is 15.0 Å². The number of ether oxygens (including phenoxy) is 1. The summed E-state index contributed by atoms with van der Waals surface area (Å²) in [5, 5.41) is 8.44. The minimum atomic E-state index is 0.881. The maximum atomic E-state index is 5.41. The van der Waals surface area contributed by atoms with Crippen LogP contribution in [0.2, 0.25) is 0 Å². The van der Waals surface area contributed by atoms with Crippen molar-refractivity contribution >= 4 is 38.4 Å². The summed E-state index contributed by atoms with van der Waals surface area (Å²) in [6.07, 6.45) is 8.33. The third-order valence-corrected chi connectivity index (χ3v) is 5.58. The number of rotatable bonds is 8. The molecule has 0 fully saturated rings. The number of pyridine rings is 1. The molecule has 0 unspecified atom stereocenters. The average molecular weight is 376 g/mol. The second-order valence-electron chi connectivity index (χ2n) is 7.58. The highest BCUT2D eigenvalue weighted by Crippen LogP contribution is 2.37. The largest absolute Gasteiger partial charge is 0.497 e. The molecule has 0 spiro atoms. The molecule has 4 nitrogen and oxygen atoms in total. The standard InChI is InChI=1S/C24H29N3O/c1-4-5-6-7-8-13-25-24-22-21-19-11-10-18(28-3)14-17(19)9-12-20(21)27-23(22)16(2)15-26-24/h9-12,14-15,27H,4-8,13H2,1-3H3,(H,25,26). The van der Waals surface area contributed by atoms with E-state index in [1.54, 1.807) is 7.11 Å². The van der Waals surface area contributed by atoms with Gasteiger partial charge in [-0.3, -0.25) is 0 Å². The van der Waals surface area contributed by atoms with E-state index in [9.17, 15) is 0 Å². The molecule has 4 rings (SSSR count). The molecule has 2 aromatic heterocycles. The Labute approximate surface area is 166 Å². The predicted octanol–water partition coefficient (Wildman–Crippen LogP) is 6.57. The zero-order valence-corrected chi connectivity index (χ0v) is 17.1. The molecule has 0 saturated heterocycles. The number of nitrogens with zero attached hydrogens (tertiary/aromatic N) is 1. The zero-order valence-electron chi connectivity index (χ0n) is 17.1. The summed E-state index contributed by atoms with van der Waals surface area (Å²) in [5.74, 6) is 1.86.